The molecule has 0 bridgehead atoms. The molecule has 1 fully saturated rings. The summed E-state index contributed by atoms with van der Waals surface area (Å²) in [4.78, 5) is 28.0. The lowest BCUT2D eigenvalue weighted by atomic mass is 10.1. The van der Waals surface area contributed by atoms with Crippen LogP contribution in [0.5, 0.6) is 0 Å². The molecule has 0 spiro atoms. The molecule has 0 aromatic heterocycles. The van der Waals surface area contributed by atoms with Gasteiger partial charge in [-0.2, -0.15) is 0 Å². The van der Waals surface area contributed by atoms with E-state index in [2.05, 4.69) is 12.2 Å². The molecule has 0 unspecified atom stereocenters. The summed E-state index contributed by atoms with van der Waals surface area (Å²) in [7, 11) is 3.94. The number of anilines is 1. The van der Waals surface area contributed by atoms with Crippen molar-refractivity contribution in [1.82, 2.24) is 10.2 Å². The first-order valence-electron chi connectivity index (χ1n) is 8.38. The van der Waals surface area contributed by atoms with Crippen LogP contribution in [0.4, 0.5) is 5.69 Å². The molecule has 23 heavy (non-hydrogen) atoms. The maximum Gasteiger partial charge on any atom is 0.251 e. The van der Waals surface area contributed by atoms with E-state index in [0.29, 0.717) is 18.5 Å². The Labute approximate surface area is 138 Å². The Balaban J connectivity index is 1.82. The summed E-state index contributed by atoms with van der Waals surface area (Å²) in [6.45, 7) is 3.55. The molecule has 1 aliphatic rings. The highest BCUT2D eigenvalue weighted by Gasteiger charge is 2.26. The fourth-order valence-electron chi connectivity index (χ4n) is 3.00. The Bertz CT molecular complexity index is 540. The van der Waals surface area contributed by atoms with Gasteiger partial charge in [-0.25, -0.2) is 0 Å². The number of nitrogens with one attached hydrogen (secondary N) is 1. The number of hydrogen-bond donors (Lipinski definition) is 1. The van der Waals surface area contributed by atoms with Crippen molar-refractivity contribution in [3.63, 3.8) is 0 Å². The number of hydrogen-bond acceptors (Lipinski definition) is 3. The fraction of sp³-hybridized carbons (Fsp3) is 0.556. The number of rotatable bonds is 7. The lowest BCUT2D eigenvalue weighted by Gasteiger charge is -2.26. The van der Waals surface area contributed by atoms with Gasteiger partial charge in [-0.05, 0) is 43.5 Å². The van der Waals surface area contributed by atoms with Gasteiger partial charge >= 0.3 is 0 Å². The number of carbonyl (C=O) groups excluding carboxylic acids is 2. The minimum atomic E-state index is -0.0575. The van der Waals surface area contributed by atoms with Crippen LogP contribution in [0, 0.1) is 0 Å². The predicted molar refractivity (Wildman–Crippen MR) is 92.7 cm³/mol. The summed E-state index contributed by atoms with van der Waals surface area (Å²) in [5, 5.41) is 2.96. The van der Waals surface area contributed by atoms with Gasteiger partial charge in [0.05, 0.1) is 0 Å². The zero-order valence-electron chi connectivity index (χ0n) is 14.3. The zero-order valence-corrected chi connectivity index (χ0v) is 14.3. The van der Waals surface area contributed by atoms with Gasteiger partial charge in [0.15, 0.2) is 0 Å². The van der Waals surface area contributed by atoms with Gasteiger partial charge < -0.3 is 15.1 Å². The molecule has 0 aliphatic carbocycles. The van der Waals surface area contributed by atoms with Crippen molar-refractivity contribution < 1.29 is 9.59 Å². The van der Waals surface area contributed by atoms with Crippen LogP contribution in [0.25, 0.3) is 0 Å². The van der Waals surface area contributed by atoms with E-state index in [1.54, 1.807) is 0 Å². The molecule has 1 aliphatic heterocycles. The van der Waals surface area contributed by atoms with Crippen molar-refractivity contribution in [2.45, 2.75) is 38.6 Å². The Kier molecular flexibility index (Phi) is 6.02. The highest BCUT2D eigenvalue weighted by atomic mass is 16.2. The molecular formula is C18H27N3O2. The van der Waals surface area contributed by atoms with Crippen LogP contribution in [0.2, 0.25) is 0 Å². The molecule has 1 aromatic rings. The van der Waals surface area contributed by atoms with E-state index in [0.717, 1.165) is 31.5 Å². The summed E-state index contributed by atoms with van der Waals surface area (Å²) in [5.41, 5.74) is 1.74. The van der Waals surface area contributed by atoms with E-state index in [4.69, 9.17) is 0 Å². The Morgan fingerprint density at radius 1 is 1.30 bits per heavy atom. The van der Waals surface area contributed by atoms with Crippen LogP contribution in [-0.2, 0) is 4.79 Å². The van der Waals surface area contributed by atoms with Gasteiger partial charge in [0.1, 0.15) is 0 Å². The largest absolute Gasteiger partial charge is 0.378 e. The molecule has 1 heterocycles. The van der Waals surface area contributed by atoms with Crippen LogP contribution in [0.1, 0.15) is 43.0 Å². The number of carbonyl (C=O) groups is 2. The topological polar surface area (TPSA) is 52.7 Å². The minimum absolute atomic E-state index is 0.0575. The molecule has 0 radical (unpaired) electrons. The van der Waals surface area contributed by atoms with Gasteiger partial charge in [0.25, 0.3) is 5.91 Å². The Hall–Kier alpha value is -2.04. The van der Waals surface area contributed by atoms with Crippen molar-refractivity contribution in [1.29, 1.82) is 0 Å². The number of nitrogens with zero attached hydrogens (tertiary/aromatic N) is 2. The molecule has 1 aromatic carbocycles. The second-order valence-electron chi connectivity index (χ2n) is 6.24. The van der Waals surface area contributed by atoms with Gasteiger partial charge in [-0.3, -0.25) is 9.59 Å². The molecule has 126 valence electrons. The molecule has 5 heteroatoms. The van der Waals surface area contributed by atoms with Crippen molar-refractivity contribution >= 4 is 17.5 Å². The normalized spacial score (nSPS) is 15.6. The summed E-state index contributed by atoms with van der Waals surface area (Å²) in [6.07, 6.45) is 3.36. The molecule has 2 amide bonds. The van der Waals surface area contributed by atoms with Crippen molar-refractivity contribution in [2.75, 3.05) is 32.1 Å². The van der Waals surface area contributed by atoms with E-state index in [-0.39, 0.29) is 17.9 Å². The number of benzene rings is 1. The Morgan fingerprint density at radius 3 is 2.52 bits per heavy atom. The van der Waals surface area contributed by atoms with E-state index < -0.39 is 0 Å². The molecule has 1 N–H and O–H groups in total. The van der Waals surface area contributed by atoms with Crippen molar-refractivity contribution in [3.05, 3.63) is 29.8 Å². The van der Waals surface area contributed by atoms with Crippen LogP contribution in [-0.4, -0.2) is 49.9 Å². The van der Waals surface area contributed by atoms with Crippen molar-refractivity contribution in [2.24, 2.45) is 0 Å². The summed E-state index contributed by atoms with van der Waals surface area (Å²) in [6, 6.07) is 7.79. The highest BCUT2D eigenvalue weighted by Crippen LogP contribution is 2.18. The molecular weight excluding hydrogens is 290 g/mol. The van der Waals surface area contributed by atoms with Crippen LogP contribution < -0.4 is 10.2 Å². The molecule has 5 nitrogen and oxygen atoms in total. The van der Waals surface area contributed by atoms with Crippen LogP contribution >= 0.6 is 0 Å². The average molecular weight is 317 g/mol. The third kappa shape index (κ3) is 4.47. The number of likely N-dealkylation sites (tertiary alicyclic amines) is 1. The highest BCUT2D eigenvalue weighted by molar-refractivity contribution is 5.94. The second-order valence-corrected chi connectivity index (χ2v) is 6.24. The summed E-state index contributed by atoms with van der Waals surface area (Å²) < 4.78 is 0. The molecule has 1 saturated heterocycles. The van der Waals surface area contributed by atoms with Gasteiger partial charge in [0, 0.05) is 50.9 Å². The Morgan fingerprint density at radius 2 is 2.00 bits per heavy atom. The van der Waals surface area contributed by atoms with Crippen molar-refractivity contribution in [3.8, 4) is 0 Å². The molecule has 1 atom stereocenters. The molecule has 0 saturated carbocycles. The fourth-order valence-corrected chi connectivity index (χ4v) is 3.00. The molecule has 2 rings (SSSR count). The summed E-state index contributed by atoms with van der Waals surface area (Å²) in [5.74, 6) is 0.195. The standard InChI is InChI=1S/C18H27N3O2/c1-4-15(21-13-5-6-17(21)22)11-12-19-18(23)14-7-9-16(10-8-14)20(2)3/h7-10,15H,4-6,11-13H2,1-3H3,(H,19,23)/t15-/m1/s1. The minimum Gasteiger partial charge on any atom is -0.378 e. The van der Waals surface area contributed by atoms with Gasteiger partial charge in [-0.15, -0.1) is 0 Å². The van der Waals surface area contributed by atoms with Gasteiger partial charge in [0.2, 0.25) is 5.91 Å². The van der Waals surface area contributed by atoms with E-state index in [1.165, 1.54) is 0 Å². The van der Waals surface area contributed by atoms with Crippen LogP contribution in [0.3, 0.4) is 0 Å². The first-order valence-corrected chi connectivity index (χ1v) is 8.38. The first kappa shape index (κ1) is 17.3. The average Bonchev–Trinajstić information content (AvgIpc) is 2.97. The monoisotopic (exact) mass is 317 g/mol. The lowest BCUT2D eigenvalue weighted by Crippen LogP contribution is -2.38. The second kappa shape index (κ2) is 7.99. The van der Waals surface area contributed by atoms with E-state index >= 15 is 0 Å². The third-order valence-corrected chi connectivity index (χ3v) is 4.43. The predicted octanol–water partition coefficient (Wildman–Crippen LogP) is 2.27. The smallest absolute Gasteiger partial charge is 0.251 e. The first-order chi connectivity index (χ1) is 11.0. The van der Waals surface area contributed by atoms with Crippen LogP contribution in [0.15, 0.2) is 24.3 Å². The summed E-state index contributed by atoms with van der Waals surface area (Å²) >= 11 is 0. The maximum atomic E-state index is 12.2. The lowest BCUT2D eigenvalue weighted by molar-refractivity contribution is -0.129. The van der Waals surface area contributed by atoms with E-state index in [1.807, 2.05) is 48.2 Å². The number of amides is 2. The van der Waals surface area contributed by atoms with E-state index in [9.17, 15) is 9.59 Å². The third-order valence-electron chi connectivity index (χ3n) is 4.43. The van der Waals surface area contributed by atoms with Gasteiger partial charge in [-0.1, -0.05) is 6.92 Å². The maximum absolute atomic E-state index is 12.2. The zero-order chi connectivity index (χ0) is 16.8. The quantitative estimate of drug-likeness (QED) is 0.839. The SMILES string of the molecule is CC[C@H](CCNC(=O)c1ccc(N(C)C)cc1)N1CCCC1=O.